The first kappa shape index (κ1) is 15.2. The highest BCUT2D eigenvalue weighted by Gasteiger charge is 2.32. The minimum atomic E-state index is -0.154. The molecule has 0 aromatic carbocycles. The lowest BCUT2D eigenvalue weighted by Crippen LogP contribution is -2.28. The predicted octanol–water partition coefficient (Wildman–Crippen LogP) is 3.44. The number of aromatic nitrogens is 3. The highest BCUT2D eigenvalue weighted by molar-refractivity contribution is 6.00. The Bertz CT molecular complexity index is 755. The second-order valence-electron chi connectivity index (χ2n) is 6.82. The maximum atomic E-state index is 12.4. The zero-order valence-electron chi connectivity index (χ0n) is 13.9. The Morgan fingerprint density at radius 2 is 2.29 bits per heavy atom. The summed E-state index contributed by atoms with van der Waals surface area (Å²) in [5.74, 6) is 1.92. The van der Waals surface area contributed by atoms with Gasteiger partial charge in [-0.25, -0.2) is 4.98 Å². The van der Waals surface area contributed by atoms with Crippen molar-refractivity contribution in [3.63, 3.8) is 0 Å². The van der Waals surface area contributed by atoms with Crippen LogP contribution in [-0.4, -0.2) is 20.7 Å². The monoisotopic (exact) mass is 326 g/mol. The fraction of sp³-hybridized carbons (Fsp3) is 0.500. The molecule has 0 bridgehead atoms. The summed E-state index contributed by atoms with van der Waals surface area (Å²) < 4.78 is 7.49. The Morgan fingerprint density at radius 3 is 2.96 bits per heavy atom. The molecule has 6 nitrogen and oxygen atoms in total. The van der Waals surface area contributed by atoms with Crippen molar-refractivity contribution in [3.05, 3.63) is 42.9 Å². The van der Waals surface area contributed by atoms with Crippen LogP contribution < -0.4 is 4.90 Å². The number of anilines is 1. The van der Waals surface area contributed by atoms with Gasteiger partial charge in [0.1, 0.15) is 11.5 Å². The van der Waals surface area contributed by atoms with Gasteiger partial charge in [0.15, 0.2) is 6.39 Å². The number of carbonyl (C=O) groups excluding carboxylic acids is 1. The second kappa shape index (κ2) is 5.92. The van der Waals surface area contributed by atoms with Crippen molar-refractivity contribution >= 4 is 11.6 Å². The van der Waals surface area contributed by atoms with E-state index in [0.29, 0.717) is 24.4 Å². The van der Waals surface area contributed by atoms with E-state index in [1.165, 1.54) is 25.3 Å². The van der Waals surface area contributed by atoms with Gasteiger partial charge < -0.3 is 4.42 Å². The molecule has 2 saturated carbocycles. The van der Waals surface area contributed by atoms with Gasteiger partial charge in [-0.3, -0.25) is 14.4 Å². The lowest BCUT2D eigenvalue weighted by molar-refractivity contribution is -0.114. The number of hydrogen-bond acceptors (Lipinski definition) is 4. The first-order chi connectivity index (χ1) is 11.7. The fourth-order valence-corrected chi connectivity index (χ4v) is 3.12. The number of oxazole rings is 1. The zero-order chi connectivity index (χ0) is 16.7. The largest absolute Gasteiger partial charge is 0.448 e. The number of hydrogen-bond donors (Lipinski definition) is 0. The lowest BCUT2D eigenvalue weighted by Gasteiger charge is -2.19. The summed E-state index contributed by atoms with van der Waals surface area (Å²) in [5, 5.41) is 4.46. The molecule has 0 spiro atoms. The smallest absolute Gasteiger partial charge is 0.250 e. The molecule has 1 amide bonds. The lowest BCUT2D eigenvalue weighted by atomic mass is 10.2. The van der Waals surface area contributed by atoms with E-state index in [1.807, 2.05) is 10.9 Å². The molecule has 2 aliphatic rings. The highest BCUT2D eigenvalue weighted by atomic mass is 16.3. The van der Waals surface area contributed by atoms with E-state index in [0.717, 1.165) is 30.0 Å². The molecule has 1 unspecified atom stereocenters. The van der Waals surface area contributed by atoms with Crippen LogP contribution >= 0.6 is 0 Å². The Balaban J connectivity index is 1.58. The van der Waals surface area contributed by atoms with Gasteiger partial charge in [0.2, 0.25) is 0 Å². The highest BCUT2D eigenvalue weighted by Crippen LogP contribution is 2.42. The van der Waals surface area contributed by atoms with Gasteiger partial charge in [-0.1, -0.05) is 6.58 Å². The first-order valence-electron chi connectivity index (χ1n) is 8.57. The summed E-state index contributed by atoms with van der Waals surface area (Å²) in [5.41, 5.74) is 1.60. The quantitative estimate of drug-likeness (QED) is 0.731. The predicted molar refractivity (Wildman–Crippen MR) is 89.5 cm³/mol. The van der Waals surface area contributed by atoms with E-state index in [-0.39, 0.29) is 5.91 Å². The number of carbonyl (C=O) groups is 1. The van der Waals surface area contributed by atoms with Gasteiger partial charge in [-0.2, -0.15) is 5.10 Å². The van der Waals surface area contributed by atoms with Crippen LogP contribution in [0.4, 0.5) is 5.69 Å². The van der Waals surface area contributed by atoms with Crippen LogP contribution in [0.3, 0.4) is 0 Å². The molecule has 2 aromatic heterocycles. The topological polar surface area (TPSA) is 64.2 Å². The minimum absolute atomic E-state index is 0.154. The molecule has 6 heteroatoms. The van der Waals surface area contributed by atoms with Crippen LogP contribution in [0.1, 0.15) is 56.0 Å². The van der Waals surface area contributed by atoms with E-state index in [9.17, 15) is 4.79 Å². The molecule has 2 heterocycles. The summed E-state index contributed by atoms with van der Waals surface area (Å²) in [6.07, 6.45) is 11.3. The van der Waals surface area contributed by atoms with Crippen molar-refractivity contribution in [2.24, 2.45) is 5.92 Å². The van der Waals surface area contributed by atoms with Gasteiger partial charge in [0.25, 0.3) is 5.91 Å². The van der Waals surface area contributed by atoms with Crippen LogP contribution in [0.25, 0.3) is 0 Å². The van der Waals surface area contributed by atoms with Gasteiger partial charge >= 0.3 is 0 Å². The van der Waals surface area contributed by atoms with Crippen LogP contribution in [-0.2, 0) is 11.3 Å². The first-order valence-corrected chi connectivity index (χ1v) is 8.57. The van der Waals surface area contributed by atoms with Crippen molar-refractivity contribution in [1.29, 1.82) is 0 Å². The Hall–Kier alpha value is -2.37. The van der Waals surface area contributed by atoms with E-state index in [2.05, 4.69) is 23.6 Å². The fourth-order valence-electron chi connectivity index (χ4n) is 3.12. The molecular formula is C18H22N4O2. The molecule has 0 aliphatic heterocycles. The molecule has 2 aliphatic carbocycles. The average Bonchev–Trinajstić information content (AvgIpc) is 3.52. The summed E-state index contributed by atoms with van der Waals surface area (Å²) in [4.78, 5) is 18.4. The van der Waals surface area contributed by atoms with E-state index >= 15 is 0 Å². The van der Waals surface area contributed by atoms with Crippen molar-refractivity contribution in [2.75, 3.05) is 4.90 Å². The van der Waals surface area contributed by atoms with Crippen LogP contribution in [0.5, 0.6) is 0 Å². The van der Waals surface area contributed by atoms with Gasteiger partial charge in [0.05, 0.1) is 24.5 Å². The summed E-state index contributed by atoms with van der Waals surface area (Å²) >= 11 is 0. The van der Waals surface area contributed by atoms with Crippen molar-refractivity contribution < 1.29 is 9.21 Å². The van der Waals surface area contributed by atoms with E-state index in [1.54, 1.807) is 11.1 Å². The second-order valence-corrected chi connectivity index (χ2v) is 6.82. The van der Waals surface area contributed by atoms with Gasteiger partial charge in [-0.05, 0) is 44.6 Å². The molecule has 2 aromatic rings. The van der Waals surface area contributed by atoms with Crippen molar-refractivity contribution in [2.45, 2.75) is 51.1 Å². The molecule has 2 fully saturated rings. The van der Waals surface area contributed by atoms with Crippen LogP contribution in [0.15, 0.2) is 35.9 Å². The van der Waals surface area contributed by atoms with Crippen LogP contribution in [0, 0.1) is 5.92 Å². The molecule has 4 rings (SSSR count). The minimum Gasteiger partial charge on any atom is -0.448 e. The van der Waals surface area contributed by atoms with Gasteiger partial charge in [0, 0.05) is 12.1 Å². The normalized spacial score (nSPS) is 18.4. The standard InChI is InChI=1S/C18H22N4O2/c1-3-17(23)21(10-16-18(14-6-7-14)24-11-19-16)15-8-20-22(9-15)12(2)13-4-5-13/h3,8-9,11-14H,1,4-7,10H2,2H3. The van der Waals surface area contributed by atoms with Crippen molar-refractivity contribution in [1.82, 2.24) is 14.8 Å². The number of nitrogens with zero attached hydrogens (tertiary/aromatic N) is 4. The maximum Gasteiger partial charge on any atom is 0.250 e. The zero-order valence-corrected chi connectivity index (χ0v) is 13.9. The van der Waals surface area contributed by atoms with E-state index < -0.39 is 0 Å². The SMILES string of the molecule is C=CC(=O)N(Cc1ncoc1C1CC1)c1cnn(C(C)C2CC2)c1. The third-order valence-electron chi connectivity index (χ3n) is 4.99. The maximum absolute atomic E-state index is 12.4. The Kier molecular flexibility index (Phi) is 3.75. The Labute approximate surface area is 141 Å². The Morgan fingerprint density at radius 1 is 1.50 bits per heavy atom. The molecule has 1 atom stereocenters. The molecule has 0 N–H and O–H groups in total. The summed E-state index contributed by atoms with van der Waals surface area (Å²) in [6.45, 7) is 6.19. The van der Waals surface area contributed by atoms with Gasteiger partial charge in [-0.15, -0.1) is 0 Å². The molecule has 0 radical (unpaired) electrons. The summed E-state index contributed by atoms with van der Waals surface area (Å²) in [7, 11) is 0. The third-order valence-corrected chi connectivity index (χ3v) is 4.99. The molecule has 24 heavy (non-hydrogen) atoms. The van der Waals surface area contributed by atoms with Crippen molar-refractivity contribution in [3.8, 4) is 0 Å². The number of amides is 1. The third kappa shape index (κ3) is 2.88. The molecular weight excluding hydrogens is 304 g/mol. The van der Waals surface area contributed by atoms with Crippen LogP contribution in [0.2, 0.25) is 0 Å². The van der Waals surface area contributed by atoms with E-state index in [4.69, 9.17) is 4.42 Å². The molecule has 0 saturated heterocycles. The summed E-state index contributed by atoms with van der Waals surface area (Å²) in [6, 6.07) is 0.369. The number of rotatable bonds is 7. The molecule has 126 valence electrons. The average molecular weight is 326 g/mol.